The molecular formula is C21H21F2NO5. The van der Waals surface area contributed by atoms with E-state index in [0.29, 0.717) is 23.7 Å². The molecule has 2 rings (SSSR count). The maximum atomic E-state index is 13.6. The minimum absolute atomic E-state index is 0.445. The van der Waals surface area contributed by atoms with Gasteiger partial charge in [-0.3, -0.25) is 4.79 Å². The number of benzene rings is 2. The second-order valence-corrected chi connectivity index (χ2v) is 5.84. The number of halogens is 2. The number of anilines is 1. The second kappa shape index (κ2) is 10.2. The van der Waals surface area contributed by atoms with Crippen LogP contribution in [0.5, 0.6) is 11.5 Å². The third-order valence-corrected chi connectivity index (χ3v) is 3.77. The van der Waals surface area contributed by atoms with Gasteiger partial charge in [-0.25, -0.2) is 13.6 Å². The Bertz CT molecular complexity index is 894. The fraction of sp³-hybridized carbons (Fsp3) is 0.238. The highest BCUT2D eigenvalue weighted by atomic mass is 19.1. The van der Waals surface area contributed by atoms with Gasteiger partial charge in [0.1, 0.15) is 17.3 Å². The number of esters is 1. The zero-order chi connectivity index (χ0) is 21.4. The number of hydrogen-bond donors (Lipinski definition) is 1. The molecule has 154 valence electrons. The van der Waals surface area contributed by atoms with Gasteiger partial charge >= 0.3 is 5.97 Å². The van der Waals surface area contributed by atoms with Gasteiger partial charge < -0.3 is 19.5 Å². The maximum absolute atomic E-state index is 13.6. The molecule has 0 aliphatic rings. The SMILES string of the molecule is CCOc1cc(/C=C/C(=O)O[C@@H](C)C(=O)Nc2c(F)cccc2F)ccc1OC. The van der Waals surface area contributed by atoms with Crippen molar-refractivity contribution in [2.24, 2.45) is 0 Å². The lowest BCUT2D eigenvalue weighted by Gasteiger charge is -2.13. The molecule has 1 amide bonds. The van der Waals surface area contributed by atoms with Crippen molar-refractivity contribution in [3.8, 4) is 11.5 Å². The van der Waals surface area contributed by atoms with E-state index in [0.717, 1.165) is 18.2 Å². The summed E-state index contributed by atoms with van der Waals surface area (Å²) in [4.78, 5) is 24.0. The number of carbonyl (C=O) groups excluding carboxylic acids is 2. The molecule has 0 radical (unpaired) electrons. The highest BCUT2D eigenvalue weighted by molar-refractivity contribution is 5.96. The average Bonchev–Trinajstić information content (AvgIpc) is 2.69. The smallest absolute Gasteiger partial charge is 0.331 e. The Morgan fingerprint density at radius 3 is 2.45 bits per heavy atom. The third-order valence-electron chi connectivity index (χ3n) is 3.77. The molecular weight excluding hydrogens is 384 g/mol. The second-order valence-electron chi connectivity index (χ2n) is 5.84. The van der Waals surface area contributed by atoms with Gasteiger partial charge in [-0.2, -0.15) is 0 Å². The quantitative estimate of drug-likeness (QED) is 0.532. The van der Waals surface area contributed by atoms with Crippen LogP contribution in [-0.2, 0) is 14.3 Å². The highest BCUT2D eigenvalue weighted by Gasteiger charge is 2.20. The number of para-hydroxylation sites is 1. The van der Waals surface area contributed by atoms with Gasteiger partial charge in [-0.15, -0.1) is 0 Å². The number of nitrogens with one attached hydrogen (secondary N) is 1. The molecule has 0 aromatic heterocycles. The first-order valence-electron chi connectivity index (χ1n) is 8.80. The fourth-order valence-corrected chi connectivity index (χ4v) is 2.34. The van der Waals surface area contributed by atoms with E-state index in [4.69, 9.17) is 14.2 Å². The number of amides is 1. The van der Waals surface area contributed by atoms with Crippen molar-refractivity contribution in [3.63, 3.8) is 0 Å². The summed E-state index contributed by atoms with van der Waals surface area (Å²) < 4.78 is 42.8. The molecule has 0 fully saturated rings. The summed E-state index contributed by atoms with van der Waals surface area (Å²) >= 11 is 0. The molecule has 29 heavy (non-hydrogen) atoms. The molecule has 0 heterocycles. The van der Waals surface area contributed by atoms with Gasteiger partial charge in [0.25, 0.3) is 5.91 Å². The Balaban J connectivity index is 1.99. The molecule has 0 aliphatic carbocycles. The van der Waals surface area contributed by atoms with Crippen LogP contribution in [0, 0.1) is 11.6 Å². The lowest BCUT2D eigenvalue weighted by atomic mass is 10.2. The van der Waals surface area contributed by atoms with Crippen LogP contribution >= 0.6 is 0 Å². The maximum Gasteiger partial charge on any atom is 0.331 e. The van der Waals surface area contributed by atoms with Gasteiger partial charge in [0.15, 0.2) is 17.6 Å². The zero-order valence-electron chi connectivity index (χ0n) is 16.2. The number of methoxy groups -OCH3 is 1. The number of carbonyl (C=O) groups is 2. The van der Waals surface area contributed by atoms with E-state index in [1.165, 1.54) is 26.2 Å². The Kier molecular flexibility index (Phi) is 7.70. The predicted octanol–water partition coefficient (Wildman–Crippen LogP) is 3.96. The van der Waals surface area contributed by atoms with E-state index < -0.39 is 35.3 Å². The first-order valence-corrected chi connectivity index (χ1v) is 8.80. The molecule has 0 saturated carbocycles. The van der Waals surface area contributed by atoms with Crippen molar-refractivity contribution in [3.05, 3.63) is 59.7 Å². The van der Waals surface area contributed by atoms with Gasteiger partial charge in [0.05, 0.1) is 13.7 Å². The van der Waals surface area contributed by atoms with Crippen molar-refractivity contribution in [1.29, 1.82) is 0 Å². The summed E-state index contributed by atoms with van der Waals surface area (Å²) in [6.07, 6.45) is 1.34. The monoisotopic (exact) mass is 405 g/mol. The van der Waals surface area contributed by atoms with Crippen LogP contribution in [0.3, 0.4) is 0 Å². The van der Waals surface area contributed by atoms with E-state index in [1.807, 2.05) is 6.92 Å². The molecule has 0 aliphatic heterocycles. The molecule has 1 atom stereocenters. The van der Waals surface area contributed by atoms with Gasteiger partial charge in [-0.1, -0.05) is 12.1 Å². The summed E-state index contributed by atoms with van der Waals surface area (Å²) in [5.74, 6) is -2.44. The first kappa shape index (κ1) is 21.9. The van der Waals surface area contributed by atoms with E-state index in [2.05, 4.69) is 5.32 Å². The minimum atomic E-state index is -1.26. The first-order chi connectivity index (χ1) is 13.8. The topological polar surface area (TPSA) is 73.9 Å². The minimum Gasteiger partial charge on any atom is -0.493 e. The third kappa shape index (κ3) is 6.03. The largest absolute Gasteiger partial charge is 0.493 e. The van der Waals surface area contributed by atoms with Crippen LogP contribution in [0.25, 0.3) is 6.08 Å². The fourth-order valence-electron chi connectivity index (χ4n) is 2.34. The van der Waals surface area contributed by atoms with Crippen LogP contribution in [0.2, 0.25) is 0 Å². The summed E-state index contributed by atoms with van der Waals surface area (Å²) in [7, 11) is 1.52. The highest BCUT2D eigenvalue weighted by Crippen LogP contribution is 2.28. The molecule has 0 saturated heterocycles. The normalized spacial score (nSPS) is 11.8. The van der Waals surface area contributed by atoms with E-state index in [9.17, 15) is 18.4 Å². The number of hydrogen-bond acceptors (Lipinski definition) is 5. The van der Waals surface area contributed by atoms with E-state index in [1.54, 1.807) is 18.2 Å². The molecule has 0 spiro atoms. The Labute approximate surface area is 167 Å². The lowest BCUT2D eigenvalue weighted by molar-refractivity contribution is -0.148. The average molecular weight is 405 g/mol. The Hall–Kier alpha value is -3.42. The molecule has 8 heteroatoms. The van der Waals surface area contributed by atoms with Crippen molar-refractivity contribution in [2.45, 2.75) is 20.0 Å². The van der Waals surface area contributed by atoms with Gasteiger partial charge in [-0.05, 0) is 49.8 Å². The van der Waals surface area contributed by atoms with Crippen molar-refractivity contribution < 1.29 is 32.6 Å². The van der Waals surface area contributed by atoms with Crippen molar-refractivity contribution in [1.82, 2.24) is 0 Å². The van der Waals surface area contributed by atoms with Crippen LogP contribution in [0.1, 0.15) is 19.4 Å². The molecule has 0 bridgehead atoms. The van der Waals surface area contributed by atoms with E-state index >= 15 is 0 Å². The number of rotatable bonds is 8. The zero-order valence-corrected chi connectivity index (χ0v) is 16.2. The van der Waals surface area contributed by atoms with Gasteiger partial charge in [0, 0.05) is 6.08 Å². The predicted molar refractivity (Wildman–Crippen MR) is 104 cm³/mol. The van der Waals surface area contributed by atoms with Gasteiger partial charge in [0.2, 0.25) is 0 Å². The summed E-state index contributed by atoms with van der Waals surface area (Å²) in [5.41, 5.74) is 0.0503. The standard InChI is InChI=1S/C21H21F2NO5/c1-4-28-18-12-14(8-10-17(18)27-3)9-11-19(25)29-13(2)21(26)24-20-15(22)6-5-7-16(20)23/h5-13H,4H2,1-3H3,(H,24,26)/b11-9+/t13-/m0/s1. The molecule has 6 nitrogen and oxygen atoms in total. The van der Waals surface area contributed by atoms with Crippen LogP contribution < -0.4 is 14.8 Å². The molecule has 2 aromatic rings. The van der Waals surface area contributed by atoms with E-state index in [-0.39, 0.29) is 0 Å². The Morgan fingerprint density at radius 2 is 1.83 bits per heavy atom. The summed E-state index contributed by atoms with van der Waals surface area (Å²) in [6.45, 7) is 3.57. The summed E-state index contributed by atoms with van der Waals surface area (Å²) in [6, 6.07) is 8.26. The van der Waals surface area contributed by atoms with Crippen LogP contribution in [-0.4, -0.2) is 31.7 Å². The lowest BCUT2D eigenvalue weighted by Crippen LogP contribution is -2.30. The molecule has 1 N–H and O–H groups in total. The van der Waals surface area contributed by atoms with Crippen LogP contribution in [0.4, 0.5) is 14.5 Å². The van der Waals surface area contributed by atoms with Crippen LogP contribution in [0.15, 0.2) is 42.5 Å². The number of ether oxygens (including phenoxy) is 3. The molecule has 2 aromatic carbocycles. The van der Waals surface area contributed by atoms with Crippen molar-refractivity contribution >= 4 is 23.6 Å². The van der Waals surface area contributed by atoms with Crippen molar-refractivity contribution in [2.75, 3.05) is 19.0 Å². The summed E-state index contributed by atoms with van der Waals surface area (Å²) in [5, 5.41) is 2.07. The molecule has 0 unspecified atom stereocenters. The Morgan fingerprint density at radius 1 is 1.14 bits per heavy atom.